The molecule has 0 bridgehead atoms. The molecule has 110 valence electrons. The van der Waals surface area contributed by atoms with Gasteiger partial charge >= 0.3 is 6.09 Å². The second kappa shape index (κ2) is 7.67. The molecular weight excluding hydrogens is 246 g/mol. The van der Waals surface area contributed by atoms with Crippen molar-refractivity contribution in [2.45, 2.75) is 31.4 Å². The van der Waals surface area contributed by atoms with Crippen LogP contribution in [-0.4, -0.2) is 69.6 Å². The largest absolute Gasteiger partial charge is 0.443 e. The monoisotopic (exact) mass is 271 g/mol. The standard InChI is InChI=1S/C13H25N3O3/c1-18-7-5-14-8-11-4-2-3-6-16(11)10-12-9-15-13(17)19-12/h11-12,14H,2-10H2,1H3,(H,15,17). The van der Waals surface area contributed by atoms with Crippen molar-refractivity contribution < 1.29 is 14.3 Å². The van der Waals surface area contributed by atoms with E-state index in [9.17, 15) is 4.79 Å². The Balaban J connectivity index is 1.73. The summed E-state index contributed by atoms with van der Waals surface area (Å²) in [6.45, 7) is 5.20. The summed E-state index contributed by atoms with van der Waals surface area (Å²) in [5, 5.41) is 6.14. The predicted molar refractivity (Wildman–Crippen MR) is 72.2 cm³/mol. The van der Waals surface area contributed by atoms with E-state index in [2.05, 4.69) is 15.5 Å². The van der Waals surface area contributed by atoms with Gasteiger partial charge in [0.15, 0.2) is 0 Å². The summed E-state index contributed by atoms with van der Waals surface area (Å²) >= 11 is 0. The zero-order chi connectivity index (χ0) is 13.5. The first-order chi connectivity index (χ1) is 9.29. The van der Waals surface area contributed by atoms with Gasteiger partial charge in [-0.2, -0.15) is 0 Å². The lowest BCUT2D eigenvalue weighted by Crippen LogP contribution is -2.49. The third-order valence-corrected chi connectivity index (χ3v) is 3.80. The van der Waals surface area contributed by atoms with E-state index in [4.69, 9.17) is 9.47 Å². The number of hydrogen-bond acceptors (Lipinski definition) is 5. The summed E-state index contributed by atoms with van der Waals surface area (Å²) in [4.78, 5) is 13.5. The molecule has 2 rings (SSSR count). The van der Waals surface area contributed by atoms with E-state index in [0.717, 1.165) is 32.8 Å². The molecule has 2 fully saturated rings. The van der Waals surface area contributed by atoms with Crippen LogP contribution in [0.4, 0.5) is 4.79 Å². The molecule has 0 aromatic heterocycles. The molecule has 2 heterocycles. The van der Waals surface area contributed by atoms with Gasteiger partial charge in [0.2, 0.25) is 0 Å². The first-order valence-corrected chi connectivity index (χ1v) is 7.18. The number of nitrogens with one attached hydrogen (secondary N) is 2. The van der Waals surface area contributed by atoms with Crippen molar-refractivity contribution in [2.24, 2.45) is 0 Å². The number of cyclic esters (lactones) is 1. The molecule has 0 saturated carbocycles. The minimum absolute atomic E-state index is 0.00655. The molecule has 2 aliphatic heterocycles. The van der Waals surface area contributed by atoms with Gasteiger partial charge in [-0.3, -0.25) is 4.90 Å². The van der Waals surface area contributed by atoms with Gasteiger partial charge in [-0.15, -0.1) is 0 Å². The van der Waals surface area contributed by atoms with E-state index in [-0.39, 0.29) is 12.2 Å². The Morgan fingerprint density at radius 3 is 3.16 bits per heavy atom. The molecule has 0 aromatic rings. The molecule has 6 heteroatoms. The lowest BCUT2D eigenvalue weighted by Gasteiger charge is -2.36. The van der Waals surface area contributed by atoms with Gasteiger partial charge in [0, 0.05) is 32.8 Å². The lowest BCUT2D eigenvalue weighted by atomic mass is 10.0. The van der Waals surface area contributed by atoms with Gasteiger partial charge in [-0.05, 0) is 19.4 Å². The second-order valence-corrected chi connectivity index (χ2v) is 5.25. The fourth-order valence-electron chi connectivity index (χ4n) is 2.77. The normalized spacial score (nSPS) is 28.2. The van der Waals surface area contributed by atoms with Gasteiger partial charge in [0.1, 0.15) is 6.10 Å². The van der Waals surface area contributed by atoms with Crippen molar-refractivity contribution in [1.29, 1.82) is 0 Å². The summed E-state index contributed by atoms with van der Waals surface area (Å²) in [7, 11) is 1.72. The first-order valence-electron chi connectivity index (χ1n) is 7.18. The Kier molecular flexibility index (Phi) is 5.88. The fourth-order valence-corrected chi connectivity index (χ4v) is 2.77. The second-order valence-electron chi connectivity index (χ2n) is 5.25. The van der Waals surface area contributed by atoms with E-state index in [1.54, 1.807) is 7.11 Å². The lowest BCUT2D eigenvalue weighted by molar-refractivity contribution is 0.0716. The molecule has 2 atom stereocenters. The molecule has 2 N–H and O–H groups in total. The Labute approximate surface area is 114 Å². The Morgan fingerprint density at radius 1 is 1.53 bits per heavy atom. The van der Waals surface area contributed by atoms with Crippen LogP contribution in [0, 0.1) is 0 Å². The van der Waals surface area contributed by atoms with Gasteiger partial charge in [-0.25, -0.2) is 4.79 Å². The van der Waals surface area contributed by atoms with E-state index in [0.29, 0.717) is 12.6 Å². The highest BCUT2D eigenvalue weighted by molar-refractivity contribution is 5.69. The van der Waals surface area contributed by atoms with Crippen molar-refractivity contribution >= 4 is 6.09 Å². The average molecular weight is 271 g/mol. The van der Waals surface area contributed by atoms with Crippen LogP contribution in [0.25, 0.3) is 0 Å². The molecule has 19 heavy (non-hydrogen) atoms. The molecule has 0 aromatic carbocycles. The first kappa shape index (κ1) is 14.6. The molecule has 6 nitrogen and oxygen atoms in total. The minimum atomic E-state index is -0.281. The Bertz CT molecular complexity index is 288. The number of amides is 1. The number of carbonyl (C=O) groups excluding carboxylic acids is 1. The molecule has 0 spiro atoms. The highest BCUT2D eigenvalue weighted by atomic mass is 16.6. The maximum atomic E-state index is 11.0. The number of alkyl carbamates (subject to hydrolysis) is 1. The fraction of sp³-hybridized carbons (Fsp3) is 0.923. The number of rotatable bonds is 7. The van der Waals surface area contributed by atoms with Gasteiger partial charge < -0.3 is 20.1 Å². The van der Waals surface area contributed by atoms with Crippen molar-refractivity contribution in [3.05, 3.63) is 0 Å². The third-order valence-electron chi connectivity index (χ3n) is 3.80. The highest BCUT2D eigenvalue weighted by Gasteiger charge is 2.29. The molecule has 0 radical (unpaired) electrons. The molecule has 0 aliphatic carbocycles. The van der Waals surface area contributed by atoms with E-state index in [1.165, 1.54) is 19.3 Å². The van der Waals surface area contributed by atoms with Crippen LogP contribution in [-0.2, 0) is 9.47 Å². The summed E-state index contributed by atoms with van der Waals surface area (Å²) in [6.07, 6.45) is 3.47. The van der Waals surface area contributed by atoms with Crippen LogP contribution in [0.15, 0.2) is 0 Å². The van der Waals surface area contributed by atoms with Crippen molar-refractivity contribution in [3.63, 3.8) is 0 Å². The molecular formula is C13H25N3O3. The zero-order valence-electron chi connectivity index (χ0n) is 11.7. The summed E-state index contributed by atoms with van der Waals surface area (Å²) in [5.41, 5.74) is 0. The van der Waals surface area contributed by atoms with E-state index in [1.807, 2.05) is 0 Å². The molecule has 2 aliphatic rings. The molecule has 2 saturated heterocycles. The number of likely N-dealkylation sites (tertiary alicyclic amines) is 1. The van der Waals surface area contributed by atoms with Gasteiger partial charge in [0.05, 0.1) is 13.2 Å². The SMILES string of the molecule is COCCNCC1CCCCN1CC1CNC(=O)O1. The van der Waals surface area contributed by atoms with Crippen molar-refractivity contribution in [2.75, 3.05) is 46.4 Å². The number of carbonyl (C=O) groups is 1. The number of ether oxygens (including phenoxy) is 2. The number of hydrogen-bond donors (Lipinski definition) is 2. The third kappa shape index (κ3) is 4.63. The van der Waals surface area contributed by atoms with Crippen LogP contribution in [0.5, 0.6) is 0 Å². The Morgan fingerprint density at radius 2 is 2.42 bits per heavy atom. The topological polar surface area (TPSA) is 62.8 Å². The van der Waals surface area contributed by atoms with E-state index >= 15 is 0 Å². The Hall–Kier alpha value is -0.850. The summed E-state index contributed by atoms with van der Waals surface area (Å²) in [6, 6.07) is 0.546. The number of piperidine rings is 1. The van der Waals surface area contributed by atoms with Crippen LogP contribution in [0.2, 0.25) is 0 Å². The van der Waals surface area contributed by atoms with Crippen molar-refractivity contribution in [3.8, 4) is 0 Å². The van der Waals surface area contributed by atoms with Crippen LogP contribution in [0.3, 0.4) is 0 Å². The van der Waals surface area contributed by atoms with E-state index < -0.39 is 0 Å². The smallest absolute Gasteiger partial charge is 0.407 e. The predicted octanol–water partition coefficient (Wildman–Crippen LogP) is 0.185. The van der Waals surface area contributed by atoms with Crippen LogP contribution < -0.4 is 10.6 Å². The summed E-state index contributed by atoms with van der Waals surface area (Å²) < 4.78 is 10.3. The maximum Gasteiger partial charge on any atom is 0.407 e. The zero-order valence-corrected chi connectivity index (χ0v) is 11.7. The maximum absolute atomic E-state index is 11.0. The summed E-state index contributed by atoms with van der Waals surface area (Å²) in [5.74, 6) is 0. The minimum Gasteiger partial charge on any atom is -0.443 e. The highest BCUT2D eigenvalue weighted by Crippen LogP contribution is 2.18. The quantitative estimate of drug-likeness (QED) is 0.647. The van der Waals surface area contributed by atoms with Crippen molar-refractivity contribution in [1.82, 2.24) is 15.5 Å². The number of nitrogens with zero attached hydrogens (tertiary/aromatic N) is 1. The van der Waals surface area contributed by atoms with Crippen LogP contribution >= 0.6 is 0 Å². The average Bonchev–Trinajstić information content (AvgIpc) is 2.82. The molecule has 1 amide bonds. The van der Waals surface area contributed by atoms with Gasteiger partial charge in [0.25, 0.3) is 0 Å². The number of methoxy groups -OCH3 is 1. The molecule has 2 unspecified atom stereocenters. The van der Waals surface area contributed by atoms with Gasteiger partial charge in [-0.1, -0.05) is 6.42 Å². The van der Waals surface area contributed by atoms with Crippen LogP contribution in [0.1, 0.15) is 19.3 Å².